The number of esters is 1. The fourth-order valence-corrected chi connectivity index (χ4v) is 10.1. The molecule has 2 bridgehead atoms. The smallest absolute Gasteiger partial charge is 0.329 e. The van der Waals surface area contributed by atoms with Crippen LogP contribution in [0.3, 0.4) is 0 Å². The summed E-state index contributed by atoms with van der Waals surface area (Å²) in [6.07, 6.45) is 11.2. The number of Topliss-reactive ketones (excluding diaryl/α,β-unsaturated/α-hetero) is 3. The molecule has 0 aromatic heterocycles. The molecule has 3 fully saturated rings. The molecule has 4 rings (SSSR count). The van der Waals surface area contributed by atoms with E-state index in [-0.39, 0.29) is 54.8 Å². The van der Waals surface area contributed by atoms with E-state index in [1.165, 1.54) is 12.0 Å². The first-order valence-electron chi connectivity index (χ1n) is 23.9. The lowest BCUT2D eigenvalue weighted by Gasteiger charge is -2.42. The molecule has 2 saturated heterocycles. The normalized spacial score (nSPS) is 39.1. The number of piperidine rings is 1. The van der Waals surface area contributed by atoms with Gasteiger partial charge in [0.15, 0.2) is 5.78 Å². The van der Waals surface area contributed by atoms with Gasteiger partial charge in [-0.15, -0.1) is 0 Å². The van der Waals surface area contributed by atoms with Crippen LogP contribution in [0.2, 0.25) is 0 Å². The zero-order valence-electron chi connectivity index (χ0n) is 40.6. The summed E-state index contributed by atoms with van der Waals surface area (Å²) in [7, 11) is 4.52. The Bertz CT molecular complexity index is 1760. The van der Waals surface area contributed by atoms with Crippen LogP contribution in [0.25, 0.3) is 0 Å². The Hall–Kier alpha value is -3.37. The summed E-state index contributed by atoms with van der Waals surface area (Å²) in [6, 6.07) is -1.14. The van der Waals surface area contributed by atoms with Crippen LogP contribution in [-0.4, -0.2) is 132 Å². The molecule has 3 heterocycles. The highest BCUT2D eigenvalue weighted by Crippen LogP contribution is 2.38. The number of amides is 1. The Morgan fingerprint density at radius 1 is 0.846 bits per heavy atom. The summed E-state index contributed by atoms with van der Waals surface area (Å²) in [5.41, 5.74) is 1.27. The SMILES string of the molecule is COC1C[C@@H]2CC[C@@H](C)[C@@](O)(O2)C(=O)C(=O)N2CCCC[C@H]2C(=O)O[C@H]([C@H](C)C[C@@H]2CC[C@@H](O)[C@H](OC)C2)CC(=O)[C@H](C)/C=C(\C)[C@@H](O)[C@@H](OC)C(=O)[C@H](C)C[C@H](C)/C=C/C=CC=C1C. The highest BCUT2D eigenvalue weighted by molar-refractivity contribution is 6.39. The number of hydrogen-bond acceptors (Lipinski definition) is 13. The number of ether oxygens (including phenoxy) is 5. The van der Waals surface area contributed by atoms with Gasteiger partial charge in [-0.05, 0) is 107 Å². The molecule has 14 heteroatoms. The van der Waals surface area contributed by atoms with Crippen LogP contribution in [-0.2, 0) is 47.7 Å². The molecule has 1 aliphatic carbocycles. The molecule has 0 spiro atoms. The standard InChI is InChI=1S/C51H79NO13/c1-30-16-12-11-13-17-31(2)42(61-8)28-38-21-19-36(7)51(60,65-38)48(57)49(58)52-23-15-14-18-39(52)50(59)64-43(33(4)26-37-20-22-40(53)44(27-37)62-9)29-41(54)32(3)25-35(6)46(56)47(63-10)45(55)34(5)24-30/h11-13,16-17,25,30,32-34,36-40,42-44,46-47,53,56,60H,14-15,18-24,26-29H2,1-10H3/b13-11?,16-12+,31-17?,35-25+/t30-,32-,33-,34-,36-,37+,38+,39+,40-,42?,43+,44-,46-,47+,51-/m1/s1. The van der Waals surface area contributed by atoms with Crippen molar-refractivity contribution in [1.82, 2.24) is 4.90 Å². The van der Waals surface area contributed by atoms with Crippen molar-refractivity contribution in [3.8, 4) is 0 Å². The second-order valence-electron chi connectivity index (χ2n) is 19.6. The summed E-state index contributed by atoms with van der Waals surface area (Å²) in [5, 5.41) is 33.8. The third-order valence-corrected chi connectivity index (χ3v) is 14.5. The molecule has 15 atom stereocenters. The summed E-state index contributed by atoms with van der Waals surface area (Å²) in [4.78, 5) is 71.8. The van der Waals surface area contributed by atoms with Crippen molar-refractivity contribution in [3.05, 3.63) is 47.6 Å². The minimum absolute atomic E-state index is 0.0193. The Labute approximate surface area is 387 Å². The number of aliphatic hydroxyl groups excluding tert-OH is 2. The third kappa shape index (κ3) is 14.3. The maximum atomic E-state index is 14.4. The average Bonchev–Trinajstić information content (AvgIpc) is 3.28. The van der Waals surface area contributed by atoms with Crippen molar-refractivity contribution in [1.29, 1.82) is 0 Å². The highest BCUT2D eigenvalue weighted by Gasteiger charge is 2.53. The first-order chi connectivity index (χ1) is 30.7. The van der Waals surface area contributed by atoms with Crippen molar-refractivity contribution < 1.29 is 63.0 Å². The predicted octanol–water partition coefficient (Wildman–Crippen LogP) is 6.18. The predicted molar refractivity (Wildman–Crippen MR) is 245 cm³/mol. The number of aliphatic hydroxyl groups is 3. The number of fused-ring (bicyclic) bond motifs is 3. The molecule has 3 aliphatic heterocycles. The highest BCUT2D eigenvalue weighted by atomic mass is 16.6. The van der Waals surface area contributed by atoms with E-state index >= 15 is 0 Å². The molecule has 1 unspecified atom stereocenters. The lowest BCUT2D eigenvalue weighted by molar-refractivity contribution is -0.265. The van der Waals surface area contributed by atoms with Crippen LogP contribution in [0.4, 0.5) is 0 Å². The van der Waals surface area contributed by atoms with Crippen LogP contribution >= 0.6 is 0 Å². The quantitative estimate of drug-likeness (QED) is 0.156. The first kappa shape index (κ1) is 54.2. The maximum Gasteiger partial charge on any atom is 0.329 e. The van der Waals surface area contributed by atoms with Crippen LogP contribution < -0.4 is 0 Å². The number of ketones is 3. The van der Waals surface area contributed by atoms with Gasteiger partial charge in [0.1, 0.15) is 30.1 Å². The van der Waals surface area contributed by atoms with E-state index in [1.807, 2.05) is 58.1 Å². The number of nitrogens with zero attached hydrogens (tertiary/aromatic N) is 1. The van der Waals surface area contributed by atoms with Crippen molar-refractivity contribution >= 4 is 29.2 Å². The first-order valence-corrected chi connectivity index (χ1v) is 23.9. The molecule has 14 nitrogen and oxygen atoms in total. The van der Waals surface area contributed by atoms with E-state index in [2.05, 4.69) is 0 Å². The van der Waals surface area contributed by atoms with Crippen LogP contribution in [0.5, 0.6) is 0 Å². The van der Waals surface area contributed by atoms with Gasteiger partial charge in [0.25, 0.3) is 11.7 Å². The van der Waals surface area contributed by atoms with Crippen LogP contribution in [0.15, 0.2) is 47.6 Å². The van der Waals surface area contributed by atoms with Gasteiger partial charge in [0, 0.05) is 58.5 Å². The van der Waals surface area contributed by atoms with Gasteiger partial charge in [-0.3, -0.25) is 19.2 Å². The minimum Gasteiger partial charge on any atom is -0.460 e. The molecule has 366 valence electrons. The monoisotopic (exact) mass is 914 g/mol. The van der Waals surface area contributed by atoms with Gasteiger partial charge < -0.3 is 43.9 Å². The van der Waals surface area contributed by atoms with Crippen molar-refractivity contribution in [2.75, 3.05) is 27.9 Å². The lowest BCUT2D eigenvalue weighted by atomic mass is 9.78. The summed E-state index contributed by atoms with van der Waals surface area (Å²) >= 11 is 0. The zero-order chi connectivity index (χ0) is 48.2. The second-order valence-corrected chi connectivity index (χ2v) is 19.6. The molecule has 1 amide bonds. The van der Waals surface area contributed by atoms with Gasteiger partial charge in [-0.2, -0.15) is 0 Å². The lowest BCUT2D eigenvalue weighted by Crippen LogP contribution is -2.61. The van der Waals surface area contributed by atoms with Crippen molar-refractivity contribution in [2.24, 2.45) is 35.5 Å². The third-order valence-electron chi connectivity index (χ3n) is 14.5. The van der Waals surface area contributed by atoms with Crippen LogP contribution in [0, 0.1) is 35.5 Å². The molecule has 1 saturated carbocycles. The molecule has 0 aromatic carbocycles. The number of carbonyl (C=O) groups is 5. The number of carbonyl (C=O) groups excluding carboxylic acids is 5. The fraction of sp³-hybridized carbons (Fsp3) is 0.745. The van der Waals surface area contributed by atoms with Gasteiger partial charge in [-0.1, -0.05) is 71.1 Å². The summed E-state index contributed by atoms with van der Waals surface area (Å²) in [6.45, 7) is 12.7. The van der Waals surface area contributed by atoms with Gasteiger partial charge in [0.2, 0.25) is 5.79 Å². The number of hydrogen-bond donors (Lipinski definition) is 3. The van der Waals surface area contributed by atoms with E-state index in [0.29, 0.717) is 63.4 Å². The number of cyclic esters (lactones) is 1. The maximum absolute atomic E-state index is 14.4. The largest absolute Gasteiger partial charge is 0.460 e. The van der Waals surface area contributed by atoms with E-state index < -0.39 is 83.9 Å². The summed E-state index contributed by atoms with van der Waals surface area (Å²) < 4.78 is 29.4. The van der Waals surface area contributed by atoms with Crippen molar-refractivity contribution in [3.63, 3.8) is 0 Å². The molecular formula is C51H79NO13. The van der Waals surface area contributed by atoms with Crippen LogP contribution in [0.1, 0.15) is 126 Å². The average molecular weight is 914 g/mol. The molecule has 4 aliphatic rings. The molecule has 0 radical (unpaired) electrons. The number of rotatable bonds is 6. The Morgan fingerprint density at radius 3 is 2.25 bits per heavy atom. The number of methoxy groups -OCH3 is 3. The Balaban J connectivity index is 1.70. The van der Waals surface area contributed by atoms with Gasteiger partial charge >= 0.3 is 5.97 Å². The Kier molecular flexibility index (Phi) is 21.0. The Morgan fingerprint density at radius 2 is 1.57 bits per heavy atom. The zero-order valence-corrected chi connectivity index (χ0v) is 40.6. The number of allylic oxidation sites excluding steroid dienone is 6. The van der Waals surface area contributed by atoms with Crippen molar-refractivity contribution in [2.45, 2.75) is 180 Å². The van der Waals surface area contributed by atoms with E-state index in [9.17, 15) is 39.3 Å². The molecule has 65 heavy (non-hydrogen) atoms. The van der Waals surface area contributed by atoms with E-state index in [1.54, 1.807) is 41.1 Å². The summed E-state index contributed by atoms with van der Waals surface area (Å²) in [5.74, 6) is -7.96. The second kappa shape index (κ2) is 25.1. The van der Waals surface area contributed by atoms with E-state index in [4.69, 9.17) is 23.7 Å². The van der Waals surface area contributed by atoms with Gasteiger partial charge in [-0.25, -0.2) is 4.79 Å². The minimum atomic E-state index is -2.43. The topological polar surface area (TPSA) is 195 Å². The molecule has 3 N–H and O–H groups in total. The van der Waals surface area contributed by atoms with Gasteiger partial charge in [0.05, 0.1) is 24.4 Å². The molecular weight excluding hydrogens is 835 g/mol. The molecule has 0 aromatic rings. The fourth-order valence-electron chi connectivity index (χ4n) is 10.1. The van der Waals surface area contributed by atoms with E-state index in [0.717, 1.165) is 12.0 Å².